The van der Waals surface area contributed by atoms with Crippen LogP contribution < -0.4 is 19.1 Å². The molecular weight excluding hydrogens is 644 g/mol. The van der Waals surface area contributed by atoms with Crippen LogP contribution in [0.15, 0.2) is 30.5 Å². The van der Waals surface area contributed by atoms with Crippen molar-refractivity contribution in [2.45, 2.75) is 78.9 Å². The van der Waals surface area contributed by atoms with Crippen molar-refractivity contribution in [3.05, 3.63) is 36.0 Å². The summed E-state index contributed by atoms with van der Waals surface area (Å²) in [5.41, 5.74) is 0.0542. The normalized spacial score (nSPS) is 16.9. The van der Waals surface area contributed by atoms with E-state index in [9.17, 15) is 19.2 Å². The average Bonchev–Trinajstić information content (AvgIpc) is 3.62. The highest BCUT2D eigenvalue weighted by atomic mass is 16.7. The van der Waals surface area contributed by atoms with Crippen molar-refractivity contribution in [1.82, 2.24) is 24.8 Å². The van der Waals surface area contributed by atoms with E-state index in [-0.39, 0.29) is 36.8 Å². The highest BCUT2D eigenvalue weighted by Gasteiger charge is 2.40. The number of rotatable bonds is 16. The number of esters is 1. The molecule has 4 rings (SSSR count). The zero-order valence-electron chi connectivity index (χ0n) is 30.3. The summed E-state index contributed by atoms with van der Waals surface area (Å²) in [5, 5.41) is 1.17. The van der Waals surface area contributed by atoms with Gasteiger partial charge in [0.1, 0.15) is 24.1 Å². The summed E-state index contributed by atoms with van der Waals surface area (Å²) in [6.07, 6.45) is 6.79. The predicted molar refractivity (Wildman–Crippen MR) is 185 cm³/mol. The maximum atomic E-state index is 14.1. The number of benzene rings is 1. The molecule has 14 nitrogen and oxygen atoms in total. The van der Waals surface area contributed by atoms with E-state index < -0.39 is 17.4 Å². The quantitative estimate of drug-likeness (QED) is 0.109. The van der Waals surface area contributed by atoms with Crippen LogP contribution in [0.4, 0.5) is 5.95 Å². The number of likely N-dealkylation sites (tertiary alicyclic amines) is 1. The molecule has 0 radical (unpaired) electrons. The number of hydrogen-bond acceptors (Lipinski definition) is 11. The maximum Gasteiger partial charge on any atom is 0.317 e. The van der Waals surface area contributed by atoms with Crippen molar-refractivity contribution in [2.24, 2.45) is 11.3 Å². The molecule has 1 aromatic heterocycles. The summed E-state index contributed by atoms with van der Waals surface area (Å²) in [4.78, 5) is 72.5. The van der Waals surface area contributed by atoms with Gasteiger partial charge in [0.05, 0.1) is 32.1 Å². The second-order valence-corrected chi connectivity index (χ2v) is 13.7. The molecular formula is C36H52N6O8. The summed E-state index contributed by atoms with van der Waals surface area (Å²) < 4.78 is 16.2. The van der Waals surface area contributed by atoms with Gasteiger partial charge in [0.15, 0.2) is 0 Å². The fraction of sp³-hybridized carbons (Fsp3) is 0.611. The molecule has 3 heterocycles. The molecule has 274 valence electrons. The minimum atomic E-state index is -0.670. The largest absolute Gasteiger partial charge is 0.497 e. The first-order valence-corrected chi connectivity index (χ1v) is 17.4. The predicted octanol–water partition coefficient (Wildman–Crippen LogP) is 3.87. The monoisotopic (exact) mass is 696 g/mol. The third-order valence-corrected chi connectivity index (χ3v) is 9.03. The van der Waals surface area contributed by atoms with E-state index in [1.54, 1.807) is 75.3 Å². The molecule has 2 atom stereocenters. The Balaban J connectivity index is 1.38. The smallest absolute Gasteiger partial charge is 0.317 e. The van der Waals surface area contributed by atoms with Gasteiger partial charge in [0.25, 0.3) is 0 Å². The lowest BCUT2D eigenvalue weighted by Crippen LogP contribution is -2.55. The van der Waals surface area contributed by atoms with Crippen LogP contribution in [0.3, 0.4) is 0 Å². The molecule has 14 heteroatoms. The fourth-order valence-corrected chi connectivity index (χ4v) is 6.05. The number of hydrogen-bond donors (Lipinski definition) is 0. The van der Waals surface area contributed by atoms with Crippen LogP contribution in [0.2, 0.25) is 0 Å². The van der Waals surface area contributed by atoms with Crippen LogP contribution in [-0.4, -0.2) is 109 Å². The first kappa shape index (κ1) is 38.3. The minimum absolute atomic E-state index is 0.0655. The van der Waals surface area contributed by atoms with Gasteiger partial charge in [-0.1, -0.05) is 26.2 Å². The lowest BCUT2D eigenvalue weighted by Gasteiger charge is -2.38. The fourth-order valence-electron chi connectivity index (χ4n) is 6.05. The van der Waals surface area contributed by atoms with E-state index in [0.717, 1.165) is 31.2 Å². The number of anilines is 1. The highest BCUT2D eigenvalue weighted by Crippen LogP contribution is 2.28. The lowest BCUT2D eigenvalue weighted by atomic mass is 9.97. The van der Waals surface area contributed by atoms with Crippen molar-refractivity contribution in [1.29, 1.82) is 0 Å². The Morgan fingerprint density at radius 2 is 1.80 bits per heavy atom. The summed E-state index contributed by atoms with van der Waals surface area (Å²) in [7, 11) is 3.12. The molecule has 50 heavy (non-hydrogen) atoms. The summed E-state index contributed by atoms with van der Waals surface area (Å²) in [5.74, 6) is 0.684. The van der Waals surface area contributed by atoms with Crippen LogP contribution in [-0.2, 0) is 30.6 Å². The molecule has 3 amide bonds. The maximum absolute atomic E-state index is 14.1. The van der Waals surface area contributed by atoms with Crippen molar-refractivity contribution in [2.75, 3.05) is 58.4 Å². The van der Waals surface area contributed by atoms with Crippen molar-refractivity contribution in [3.63, 3.8) is 0 Å². The van der Waals surface area contributed by atoms with E-state index in [0.29, 0.717) is 69.4 Å². The average molecular weight is 697 g/mol. The second-order valence-electron chi connectivity index (χ2n) is 13.7. The first-order valence-electron chi connectivity index (χ1n) is 17.4. The molecule has 1 aromatic carbocycles. The van der Waals surface area contributed by atoms with Crippen LogP contribution in [0.5, 0.6) is 17.4 Å². The second kappa shape index (κ2) is 18.0. The Labute approximate surface area is 294 Å². The number of amides is 3. The van der Waals surface area contributed by atoms with E-state index in [4.69, 9.17) is 19.0 Å². The number of aromatic nitrogens is 2. The number of carbonyl (C=O) groups is 4. The molecule has 0 unspecified atom stereocenters. The van der Waals surface area contributed by atoms with E-state index in [1.165, 1.54) is 5.06 Å². The third-order valence-electron chi connectivity index (χ3n) is 9.03. The highest BCUT2D eigenvalue weighted by molar-refractivity contribution is 5.89. The lowest BCUT2D eigenvalue weighted by molar-refractivity contribution is -0.183. The summed E-state index contributed by atoms with van der Waals surface area (Å²) >= 11 is 0. The van der Waals surface area contributed by atoms with Crippen LogP contribution in [0, 0.1) is 11.3 Å². The molecule has 0 spiro atoms. The standard InChI is InChI=1S/C36H52N6O8/c1-7-8-9-11-26(23-41(25-43)49-24-27-13-14-28(47-5)22-30(27)48-6)32(44)42-17-10-12-29(42)33(45)39-18-20-40(21-19-39)35-37-16-15-31(38-35)50-34(46)36(2,3)4/h13-16,22,25-26,29H,7-12,17-21,23-24H2,1-6H3/t26-,29+/m1/s1. The van der Waals surface area contributed by atoms with Gasteiger partial charge in [-0.3, -0.25) is 24.0 Å². The Kier molecular flexibility index (Phi) is 13.8. The summed E-state index contributed by atoms with van der Waals surface area (Å²) in [6.45, 7) is 9.91. The Morgan fingerprint density at radius 3 is 2.46 bits per heavy atom. The number of nitrogens with zero attached hydrogens (tertiary/aromatic N) is 6. The zero-order chi connectivity index (χ0) is 36.3. The van der Waals surface area contributed by atoms with Gasteiger partial charge in [0.2, 0.25) is 30.1 Å². The number of carbonyl (C=O) groups excluding carboxylic acids is 4. The van der Waals surface area contributed by atoms with Crippen LogP contribution in [0.1, 0.15) is 71.8 Å². The van der Waals surface area contributed by atoms with E-state index in [2.05, 4.69) is 16.9 Å². The number of unbranched alkanes of at least 4 members (excludes halogenated alkanes) is 2. The third kappa shape index (κ3) is 10.1. The summed E-state index contributed by atoms with van der Waals surface area (Å²) in [6, 6.07) is 6.32. The van der Waals surface area contributed by atoms with Gasteiger partial charge in [-0.05, 0) is 52.2 Å². The molecule has 2 aliphatic heterocycles. The van der Waals surface area contributed by atoms with Gasteiger partial charge < -0.3 is 28.9 Å². The Hall–Kier alpha value is -4.46. The van der Waals surface area contributed by atoms with Crippen molar-refractivity contribution < 1.29 is 38.2 Å². The molecule has 0 aliphatic carbocycles. The van der Waals surface area contributed by atoms with Crippen molar-refractivity contribution in [3.8, 4) is 17.4 Å². The minimum Gasteiger partial charge on any atom is -0.497 e. The molecule has 0 saturated carbocycles. The van der Waals surface area contributed by atoms with Crippen molar-refractivity contribution >= 4 is 30.1 Å². The molecule has 2 aliphatic rings. The number of piperazine rings is 1. The molecule has 2 fully saturated rings. The topological polar surface area (TPSA) is 144 Å². The molecule has 0 bridgehead atoms. The number of methoxy groups -OCH3 is 2. The molecule has 0 N–H and O–H groups in total. The van der Waals surface area contributed by atoms with Crippen LogP contribution in [0.25, 0.3) is 0 Å². The Bertz CT molecular complexity index is 1460. The van der Waals surface area contributed by atoms with E-state index >= 15 is 0 Å². The Morgan fingerprint density at radius 1 is 1.04 bits per heavy atom. The van der Waals surface area contributed by atoms with Gasteiger partial charge in [-0.25, -0.2) is 10.0 Å². The van der Waals surface area contributed by atoms with Gasteiger partial charge in [-0.2, -0.15) is 4.98 Å². The SMILES string of the molecule is CCCCC[C@H](CN(C=O)OCc1ccc(OC)cc1OC)C(=O)N1CCC[C@H]1C(=O)N1CCN(c2nccc(OC(=O)C(C)(C)C)n2)CC1. The van der Waals surface area contributed by atoms with Gasteiger partial charge >= 0.3 is 5.97 Å². The van der Waals surface area contributed by atoms with E-state index in [1.807, 2.05) is 4.90 Å². The van der Waals surface area contributed by atoms with Crippen LogP contribution >= 0.6 is 0 Å². The molecule has 2 aromatic rings. The zero-order valence-corrected chi connectivity index (χ0v) is 30.3. The first-order chi connectivity index (χ1) is 24.0. The number of hydroxylamine groups is 2. The van der Waals surface area contributed by atoms with Gasteiger partial charge in [-0.15, -0.1) is 0 Å². The number of ether oxygens (including phenoxy) is 3. The molecule has 2 saturated heterocycles. The van der Waals surface area contributed by atoms with Gasteiger partial charge in [0, 0.05) is 56.6 Å².